The summed E-state index contributed by atoms with van der Waals surface area (Å²) in [6.07, 6.45) is 0.960. The quantitative estimate of drug-likeness (QED) is 0.571. The van der Waals surface area contributed by atoms with Crippen molar-refractivity contribution in [3.05, 3.63) is 0 Å². The number of carboxylic acid groups (broad SMARTS) is 1. The number of carboxylic acids is 1. The fourth-order valence-corrected chi connectivity index (χ4v) is 1.37. The van der Waals surface area contributed by atoms with Crippen molar-refractivity contribution in [2.24, 2.45) is 11.7 Å². The molecule has 0 aliphatic rings. The Bertz CT molecular complexity index is 172. The largest absolute Gasteiger partial charge is 0.481 e. The minimum absolute atomic E-state index is 0.0479. The van der Waals surface area contributed by atoms with E-state index < -0.39 is 5.97 Å². The van der Waals surface area contributed by atoms with Crippen molar-refractivity contribution < 1.29 is 9.90 Å². The number of nitrogens with one attached hydrogen (secondary N) is 1. The van der Waals surface area contributed by atoms with Gasteiger partial charge in [0.15, 0.2) is 0 Å². The highest BCUT2D eigenvalue weighted by molar-refractivity contribution is 5.66. The van der Waals surface area contributed by atoms with Gasteiger partial charge in [0.25, 0.3) is 0 Å². The van der Waals surface area contributed by atoms with Crippen molar-refractivity contribution in [1.82, 2.24) is 5.32 Å². The Morgan fingerprint density at radius 1 is 1.43 bits per heavy atom. The standard InChI is InChI=1S/C10H22N2O2/c1-7(2)12-6-9(11)4-8(3)5-10(13)14/h7-9,12H,4-6,11H2,1-3H3,(H,13,14)/t8-,9+/m0/s1. The minimum Gasteiger partial charge on any atom is -0.481 e. The first kappa shape index (κ1) is 13.4. The number of hydrogen-bond acceptors (Lipinski definition) is 3. The zero-order valence-corrected chi connectivity index (χ0v) is 9.29. The summed E-state index contributed by atoms with van der Waals surface area (Å²) in [5.74, 6) is -0.599. The van der Waals surface area contributed by atoms with Crippen LogP contribution in [0.4, 0.5) is 0 Å². The molecule has 0 unspecified atom stereocenters. The third-order valence-electron chi connectivity index (χ3n) is 2.02. The van der Waals surface area contributed by atoms with Gasteiger partial charge in [-0.15, -0.1) is 0 Å². The van der Waals surface area contributed by atoms with Gasteiger partial charge in [-0.05, 0) is 12.3 Å². The van der Waals surface area contributed by atoms with Gasteiger partial charge < -0.3 is 16.2 Å². The molecule has 0 saturated heterocycles. The summed E-state index contributed by atoms with van der Waals surface area (Å²) in [7, 11) is 0. The lowest BCUT2D eigenvalue weighted by molar-refractivity contribution is -0.138. The normalized spacial score (nSPS) is 15.5. The number of aliphatic carboxylic acids is 1. The molecule has 0 fully saturated rings. The monoisotopic (exact) mass is 202 g/mol. The molecule has 0 spiro atoms. The smallest absolute Gasteiger partial charge is 0.303 e. The molecule has 84 valence electrons. The molecule has 4 heteroatoms. The van der Waals surface area contributed by atoms with E-state index >= 15 is 0 Å². The van der Waals surface area contributed by atoms with Crippen LogP contribution < -0.4 is 11.1 Å². The van der Waals surface area contributed by atoms with Crippen LogP contribution in [-0.4, -0.2) is 29.7 Å². The van der Waals surface area contributed by atoms with Gasteiger partial charge in [0.1, 0.15) is 0 Å². The molecule has 0 bridgehead atoms. The molecule has 0 amide bonds. The summed E-state index contributed by atoms with van der Waals surface area (Å²) in [5, 5.41) is 11.8. The zero-order valence-electron chi connectivity index (χ0n) is 9.29. The molecule has 0 aliphatic carbocycles. The minimum atomic E-state index is -0.749. The first-order valence-corrected chi connectivity index (χ1v) is 5.12. The third-order valence-corrected chi connectivity index (χ3v) is 2.02. The SMILES string of the molecule is CC(C)NC[C@H](N)C[C@H](C)CC(=O)O. The van der Waals surface area contributed by atoms with Crippen molar-refractivity contribution in [3.63, 3.8) is 0 Å². The number of nitrogens with two attached hydrogens (primary N) is 1. The van der Waals surface area contributed by atoms with Crippen LogP contribution in [0.3, 0.4) is 0 Å². The van der Waals surface area contributed by atoms with E-state index in [2.05, 4.69) is 19.2 Å². The van der Waals surface area contributed by atoms with Crippen LogP contribution in [0.25, 0.3) is 0 Å². The average Bonchev–Trinajstić information content (AvgIpc) is 1.98. The van der Waals surface area contributed by atoms with Crippen LogP contribution in [0, 0.1) is 5.92 Å². The lowest BCUT2D eigenvalue weighted by atomic mass is 9.99. The predicted octanol–water partition coefficient (Wildman–Crippen LogP) is 0.813. The Morgan fingerprint density at radius 2 is 2.00 bits per heavy atom. The van der Waals surface area contributed by atoms with E-state index in [1.807, 2.05) is 6.92 Å². The summed E-state index contributed by atoms with van der Waals surface area (Å²) in [4.78, 5) is 10.4. The van der Waals surface area contributed by atoms with Gasteiger partial charge in [0.2, 0.25) is 0 Å². The Morgan fingerprint density at radius 3 is 2.43 bits per heavy atom. The van der Waals surface area contributed by atoms with Crippen LogP contribution in [0.5, 0.6) is 0 Å². The molecule has 0 rings (SSSR count). The van der Waals surface area contributed by atoms with Crippen molar-refractivity contribution in [3.8, 4) is 0 Å². The number of rotatable bonds is 7. The molecule has 2 atom stereocenters. The molecule has 4 N–H and O–H groups in total. The van der Waals surface area contributed by atoms with Gasteiger partial charge in [0, 0.05) is 25.0 Å². The fraction of sp³-hybridized carbons (Fsp3) is 0.900. The number of hydrogen-bond donors (Lipinski definition) is 3. The van der Waals surface area contributed by atoms with Gasteiger partial charge in [-0.1, -0.05) is 20.8 Å². The zero-order chi connectivity index (χ0) is 11.1. The maximum atomic E-state index is 10.4. The molecule has 4 nitrogen and oxygen atoms in total. The molecule has 0 saturated carbocycles. The summed E-state index contributed by atoms with van der Waals surface area (Å²) < 4.78 is 0. The van der Waals surface area contributed by atoms with E-state index in [1.165, 1.54) is 0 Å². The third kappa shape index (κ3) is 8.01. The van der Waals surface area contributed by atoms with Crippen LogP contribution in [0.2, 0.25) is 0 Å². The first-order valence-electron chi connectivity index (χ1n) is 5.12. The number of carbonyl (C=O) groups is 1. The summed E-state index contributed by atoms with van der Waals surface area (Å²) >= 11 is 0. The Hall–Kier alpha value is -0.610. The van der Waals surface area contributed by atoms with Gasteiger partial charge in [-0.3, -0.25) is 4.79 Å². The molecule has 0 aromatic heterocycles. The molecule has 0 heterocycles. The van der Waals surface area contributed by atoms with Gasteiger partial charge in [-0.25, -0.2) is 0 Å². The lowest BCUT2D eigenvalue weighted by Gasteiger charge is -2.17. The molecule has 0 radical (unpaired) electrons. The molecule has 14 heavy (non-hydrogen) atoms. The predicted molar refractivity (Wildman–Crippen MR) is 57.1 cm³/mol. The fourth-order valence-electron chi connectivity index (χ4n) is 1.37. The van der Waals surface area contributed by atoms with Gasteiger partial charge in [-0.2, -0.15) is 0 Å². The van der Waals surface area contributed by atoms with Crippen LogP contribution in [-0.2, 0) is 4.79 Å². The summed E-state index contributed by atoms with van der Waals surface area (Å²) in [6, 6.07) is 0.475. The second kappa shape index (κ2) is 6.79. The molecular formula is C10H22N2O2. The Labute approximate surface area is 85.9 Å². The van der Waals surface area contributed by atoms with Crippen molar-refractivity contribution in [2.75, 3.05) is 6.54 Å². The van der Waals surface area contributed by atoms with Crippen molar-refractivity contribution in [2.45, 2.75) is 45.7 Å². The second-order valence-electron chi connectivity index (χ2n) is 4.26. The molecular weight excluding hydrogens is 180 g/mol. The highest BCUT2D eigenvalue weighted by Gasteiger charge is 2.12. The topological polar surface area (TPSA) is 75.3 Å². The molecule has 0 aromatic rings. The Balaban J connectivity index is 3.59. The lowest BCUT2D eigenvalue weighted by Crippen LogP contribution is -2.38. The maximum absolute atomic E-state index is 10.4. The van der Waals surface area contributed by atoms with E-state index in [9.17, 15) is 4.79 Å². The first-order chi connectivity index (χ1) is 6.41. The van der Waals surface area contributed by atoms with Crippen LogP contribution >= 0.6 is 0 Å². The molecule has 0 aliphatic heterocycles. The highest BCUT2D eigenvalue weighted by Crippen LogP contribution is 2.08. The van der Waals surface area contributed by atoms with E-state index in [4.69, 9.17) is 10.8 Å². The van der Waals surface area contributed by atoms with Gasteiger partial charge >= 0.3 is 5.97 Å². The van der Waals surface area contributed by atoms with E-state index in [-0.39, 0.29) is 18.4 Å². The van der Waals surface area contributed by atoms with E-state index in [0.29, 0.717) is 6.04 Å². The summed E-state index contributed by atoms with van der Waals surface area (Å²) in [5.41, 5.74) is 5.84. The molecule has 0 aromatic carbocycles. The summed E-state index contributed by atoms with van der Waals surface area (Å²) in [6.45, 7) is 6.80. The van der Waals surface area contributed by atoms with E-state index in [1.54, 1.807) is 0 Å². The Kier molecular flexibility index (Phi) is 6.49. The van der Waals surface area contributed by atoms with Crippen LogP contribution in [0.15, 0.2) is 0 Å². The van der Waals surface area contributed by atoms with E-state index in [0.717, 1.165) is 13.0 Å². The maximum Gasteiger partial charge on any atom is 0.303 e. The van der Waals surface area contributed by atoms with Crippen LogP contribution in [0.1, 0.15) is 33.6 Å². The average molecular weight is 202 g/mol. The highest BCUT2D eigenvalue weighted by atomic mass is 16.4. The second-order valence-corrected chi connectivity index (χ2v) is 4.26. The van der Waals surface area contributed by atoms with Crippen molar-refractivity contribution >= 4 is 5.97 Å². The van der Waals surface area contributed by atoms with Crippen molar-refractivity contribution in [1.29, 1.82) is 0 Å². The van der Waals surface area contributed by atoms with Gasteiger partial charge in [0.05, 0.1) is 0 Å².